The molecule has 3 atom stereocenters. The number of alkyl halides is 1. The normalized spacial score (nSPS) is 59.0. The average molecular weight is 281 g/mol. The van der Waals surface area contributed by atoms with E-state index in [0.29, 0.717) is 5.41 Å². The van der Waals surface area contributed by atoms with E-state index >= 15 is 0 Å². The van der Waals surface area contributed by atoms with Crippen molar-refractivity contribution >= 4 is 22.6 Å². The molecule has 0 bridgehead atoms. The summed E-state index contributed by atoms with van der Waals surface area (Å²) in [6.45, 7) is 5.52. The highest BCUT2D eigenvalue weighted by molar-refractivity contribution is 14.1. The maximum absolute atomic E-state index is 10.2. The van der Waals surface area contributed by atoms with Crippen molar-refractivity contribution in [3.63, 3.8) is 0 Å². The molecule has 3 heteroatoms. The smallest absolute Gasteiger partial charge is 0.134 e. The van der Waals surface area contributed by atoms with Crippen LogP contribution in [0.2, 0.25) is 0 Å². The van der Waals surface area contributed by atoms with Crippen LogP contribution >= 0.6 is 22.6 Å². The Morgan fingerprint density at radius 1 is 1.25 bits per heavy atom. The average Bonchev–Trinajstić information content (AvgIpc) is 2.34. The molecule has 1 aliphatic heterocycles. The third-order valence-corrected chi connectivity index (χ3v) is 5.75. The van der Waals surface area contributed by atoms with Crippen LogP contribution in [-0.4, -0.2) is 20.8 Å². The van der Waals surface area contributed by atoms with Gasteiger partial charge in [-0.3, -0.25) is 0 Å². The lowest BCUT2D eigenvalue weighted by Gasteiger charge is -2.40. The van der Waals surface area contributed by atoms with E-state index in [1.165, 1.54) is 6.42 Å². The van der Waals surface area contributed by atoms with E-state index < -0.39 is 3.61 Å². The Labute approximate surface area is 87.3 Å². The fourth-order valence-electron chi connectivity index (χ4n) is 2.72. The molecule has 0 spiro atoms. The van der Waals surface area contributed by atoms with Crippen molar-refractivity contribution in [1.82, 2.24) is 5.32 Å². The largest absolute Gasteiger partial charge is 0.378 e. The Balaban J connectivity index is 2.41. The first-order valence-corrected chi connectivity index (χ1v) is 5.66. The first-order valence-electron chi connectivity index (χ1n) is 4.58. The first-order chi connectivity index (χ1) is 5.41. The second-order valence-corrected chi connectivity index (χ2v) is 6.41. The second-order valence-electron chi connectivity index (χ2n) is 4.62. The molecule has 0 unspecified atom stereocenters. The molecule has 0 aromatic carbocycles. The number of halogens is 1. The molecule has 2 rings (SSSR count). The zero-order valence-electron chi connectivity index (χ0n) is 7.65. The van der Waals surface area contributed by atoms with Crippen LogP contribution in [0.5, 0.6) is 0 Å². The molecule has 1 saturated carbocycles. The Morgan fingerprint density at radius 2 is 1.92 bits per heavy atom. The third-order valence-electron chi connectivity index (χ3n) is 4.14. The van der Waals surface area contributed by atoms with E-state index in [1.807, 2.05) is 0 Å². The van der Waals surface area contributed by atoms with Crippen LogP contribution in [-0.2, 0) is 0 Å². The number of nitrogens with one attached hydrogen (secondary N) is 1. The molecule has 0 aromatic heterocycles. The zero-order chi connectivity index (χ0) is 9.04. The SMILES string of the molecule is C[C@@]12CCN[C@]1(C)[C@@](O)(I)CC2. The summed E-state index contributed by atoms with van der Waals surface area (Å²) in [6.07, 6.45) is 3.28. The molecule has 1 aliphatic carbocycles. The van der Waals surface area contributed by atoms with Gasteiger partial charge in [-0.25, -0.2) is 0 Å². The number of fused-ring (bicyclic) bond motifs is 1. The predicted molar refractivity (Wildman–Crippen MR) is 57.3 cm³/mol. The van der Waals surface area contributed by atoms with Gasteiger partial charge in [0.2, 0.25) is 0 Å². The Morgan fingerprint density at radius 3 is 2.50 bits per heavy atom. The van der Waals surface area contributed by atoms with Crippen molar-refractivity contribution in [3.8, 4) is 0 Å². The van der Waals surface area contributed by atoms with Gasteiger partial charge in [0.15, 0.2) is 0 Å². The van der Waals surface area contributed by atoms with Gasteiger partial charge >= 0.3 is 0 Å². The van der Waals surface area contributed by atoms with Crippen molar-refractivity contribution in [3.05, 3.63) is 0 Å². The van der Waals surface area contributed by atoms with E-state index in [4.69, 9.17) is 0 Å². The molecule has 2 aliphatic rings. The van der Waals surface area contributed by atoms with Gasteiger partial charge in [-0.15, -0.1) is 0 Å². The van der Waals surface area contributed by atoms with Gasteiger partial charge in [0.25, 0.3) is 0 Å². The summed E-state index contributed by atoms with van der Waals surface area (Å²) in [6, 6.07) is 0. The van der Waals surface area contributed by atoms with Crippen LogP contribution in [0.15, 0.2) is 0 Å². The standard InChI is InChI=1S/C9H16INO/c1-7-3-4-9(10,12)8(7,2)11-6-5-7/h11-12H,3-6H2,1-2H3/t7-,8+,9-/m1/s1. The summed E-state index contributed by atoms with van der Waals surface area (Å²) in [7, 11) is 0. The number of aliphatic hydroxyl groups is 1. The van der Waals surface area contributed by atoms with Crippen LogP contribution in [0.25, 0.3) is 0 Å². The van der Waals surface area contributed by atoms with Crippen LogP contribution in [0.4, 0.5) is 0 Å². The van der Waals surface area contributed by atoms with Gasteiger partial charge in [-0.2, -0.15) is 0 Å². The van der Waals surface area contributed by atoms with Gasteiger partial charge in [0.1, 0.15) is 3.61 Å². The van der Waals surface area contributed by atoms with E-state index in [0.717, 1.165) is 19.4 Å². The summed E-state index contributed by atoms with van der Waals surface area (Å²) in [5, 5.41) is 13.7. The lowest BCUT2D eigenvalue weighted by molar-refractivity contribution is 0.0546. The quantitative estimate of drug-likeness (QED) is 0.523. The van der Waals surface area contributed by atoms with Gasteiger partial charge in [0, 0.05) is 0 Å². The minimum atomic E-state index is -0.546. The lowest BCUT2D eigenvalue weighted by Crippen LogP contribution is -2.56. The monoisotopic (exact) mass is 281 g/mol. The Hall–Kier alpha value is 0.650. The topological polar surface area (TPSA) is 32.3 Å². The Bertz CT molecular complexity index is 219. The molecule has 0 radical (unpaired) electrons. The first kappa shape index (κ1) is 9.21. The van der Waals surface area contributed by atoms with Crippen molar-refractivity contribution in [2.24, 2.45) is 5.41 Å². The van der Waals surface area contributed by atoms with Crippen LogP contribution in [0.3, 0.4) is 0 Å². The van der Waals surface area contributed by atoms with E-state index in [-0.39, 0.29) is 5.54 Å². The van der Waals surface area contributed by atoms with Crippen LogP contribution < -0.4 is 5.32 Å². The summed E-state index contributed by atoms with van der Waals surface area (Å²) >= 11 is 2.20. The number of rotatable bonds is 0. The molecule has 1 heterocycles. The summed E-state index contributed by atoms with van der Waals surface area (Å²) in [4.78, 5) is 0. The van der Waals surface area contributed by atoms with Crippen molar-refractivity contribution in [1.29, 1.82) is 0 Å². The molecule has 2 fully saturated rings. The van der Waals surface area contributed by atoms with Gasteiger partial charge in [-0.1, -0.05) is 6.92 Å². The van der Waals surface area contributed by atoms with Crippen molar-refractivity contribution < 1.29 is 5.11 Å². The highest BCUT2D eigenvalue weighted by Crippen LogP contribution is 2.58. The van der Waals surface area contributed by atoms with Crippen molar-refractivity contribution in [2.75, 3.05) is 6.54 Å². The predicted octanol–water partition coefficient (Wildman–Crippen LogP) is 1.66. The highest BCUT2D eigenvalue weighted by Gasteiger charge is 2.63. The lowest BCUT2D eigenvalue weighted by atomic mass is 9.75. The second kappa shape index (κ2) is 2.36. The zero-order valence-corrected chi connectivity index (χ0v) is 9.81. The fourth-order valence-corrected chi connectivity index (χ4v) is 3.83. The van der Waals surface area contributed by atoms with Crippen molar-refractivity contribution in [2.45, 2.75) is 42.3 Å². The summed E-state index contributed by atoms with van der Waals surface area (Å²) in [5.74, 6) is 0. The molecule has 0 aromatic rings. The molecular weight excluding hydrogens is 265 g/mol. The third kappa shape index (κ3) is 0.876. The highest BCUT2D eigenvalue weighted by atomic mass is 127. The summed E-state index contributed by atoms with van der Waals surface area (Å²) < 4.78 is -0.546. The molecule has 2 N–H and O–H groups in total. The molecule has 70 valence electrons. The van der Waals surface area contributed by atoms with E-state index in [1.54, 1.807) is 0 Å². The van der Waals surface area contributed by atoms with E-state index in [9.17, 15) is 5.11 Å². The molecule has 1 saturated heterocycles. The van der Waals surface area contributed by atoms with Gasteiger partial charge in [-0.05, 0) is 60.7 Å². The maximum Gasteiger partial charge on any atom is 0.134 e. The van der Waals surface area contributed by atoms with Gasteiger partial charge < -0.3 is 10.4 Å². The number of hydrogen-bond acceptors (Lipinski definition) is 2. The fraction of sp³-hybridized carbons (Fsp3) is 1.00. The maximum atomic E-state index is 10.2. The molecule has 2 nitrogen and oxygen atoms in total. The molecule has 12 heavy (non-hydrogen) atoms. The minimum Gasteiger partial charge on any atom is -0.378 e. The van der Waals surface area contributed by atoms with Crippen LogP contribution in [0, 0.1) is 5.41 Å². The van der Waals surface area contributed by atoms with Crippen LogP contribution in [0.1, 0.15) is 33.1 Å². The molecule has 0 amide bonds. The molecular formula is C9H16INO. The van der Waals surface area contributed by atoms with E-state index in [2.05, 4.69) is 41.8 Å². The van der Waals surface area contributed by atoms with Gasteiger partial charge in [0.05, 0.1) is 5.54 Å². The number of hydrogen-bond donors (Lipinski definition) is 2. The Kier molecular flexibility index (Phi) is 1.81. The summed E-state index contributed by atoms with van der Waals surface area (Å²) in [5.41, 5.74) is 0.240. The minimum absolute atomic E-state index is 0.0689.